The Balaban J connectivity index is 1.76. The lowest BCUT2D eigenvalue weighted by molar-refractivity contribution is -0.152. The summed E-state index contributed by atoms with van der Waals surface area (Å²) >= 11 is 6.14. The van der Waals surface area contributed by atoms with Crippen molar-refractivity contribution in [2.75, 3.05) is 43.4 Å². The van der Waals surface area contributed by atoms with Crippen LogP contribution in [0.4, 0.5) is 11.4 Å². The van der Waals surface area contributed by atoms with Gasteiger partial charge in [-0.3, -0.25) is 4.79 Å². The van der Waals surface area contributed by atoms with Crippen molar-refractivity contribution in [3.63, 3.8) is 0 Å². The van der Waals surface area contributed by atoms with Crippen molar-refractivity contribution < 1.29 is 9.53 Å². The van der Waals surface area contributed by atoms with E-state index >= 15 is 0 Å². The molecule has 0 saturated carbocycles. The van der Waals surface area contributed by atoms with E-state index in [9.17, 15) is 4.79 Å². The molecule has 3 N–H and O–H groups in total. The standard InChI is InChI=1S/C17H23ClN4O2/c1-12(23)22-6-7-24-17(11-22)2-4-21(5-3-17)16-9-13(18)8-15(20)14(16)10-19/h8-10,19H,2-7,11,20H2,1H3. The molecule has 2 saturated heterocycles. The molecule has 3 rings (SSSR count). The predicted octanol–water partition coefficient (Wildman–Crippen LogP) is 2.14. The number of ether oxygens (including phenoxy) is 1. The van der Waals surface area contributed by atoms with Gasteiger partial charge in [0.25, 0.3) is 0 Å². The van der Waals surface area contributed by atoms with Gasteiger partial charge in [0.05, 0.1) is 12.2 Å². The van der Waals surface area contributed by atoms with Crippen LogP contribution in [-0.2, 0) is 9.53 Å². The Hall–Kier alpha value is -1.79. The van der Waals surface area contributed by atoms with Gasteiger partial charge in [-0.1, -0.05) is 11.6 Å². The van der Waals surface area contributed by atoms with Crippen LogP contribution in [0, 0.1) is 5.41 Å². The molecule has 1 amide bonds. The van der Waals surface area contributed by atoms with E-state index < -0.39 is 0 Å². The summed E-state index contributed by atoms with van der Waals surface area (Å²) in [6, 6.07) is 3.53. The van der Waals surface area contributed by atoms with E-state index in [-0.39, 0.29) is 11.5 Å². The summed E-state index contributed by atoms with van der Waals surface area (Å²) in [5.41, 5.74) is 7.85. The average Bonchev–Trinajstić information content (AvgIpc) is 2.55. The highest BCUT2D eigenvalue weighted by Gasteiger charge is 2.40. The quantitative estimate of drug-likeness (QED) is 0.632. The first-order valence-electron chi connectivity index (χ1n) is 8.18. The number of nitrogens with zero attached hydrogens (tertiary/aromatic N) is 2. The highest BCUT2D eigenvalue weighted by molar-refractivity contribution is 6.31. The Morgan fingerprint density at radius 2 is 2.08 bits per heavy atom. The number of hydrogen-bond acceptors (Lipinski definition) is 5. The topological polar surface area (TPSA) is 82.7 Å². The summed E-state index contributed by atoms with van der Waals surface area (Å²) in [7, 11) is 0. The van der Waals surface area contributed by atoms with Crippen LogP contribution in [0.1, 0.15) is 25.3 Å². The molecule has 130 valence electrons. The number of benzene rings is 1. The molecule has 2 fully saturated rings. The Kier molecular flexibility index (Phi) is 4.69. The first kappa shape index (κ1) is 17.0. The molecule has 2 aliphatic heterocycles. The summed E-state index contributed by atoms with van der Waals surface area (Å²) in [5, 5.41) is 8.21. The van der Waals surface area contributed by atoms with Gasteiger partial charge >= 0.3 is 0 Å². The van der Waals surface area contributed by atoms with Crippen LogP contribution in [0.25, 0.3) is 0 Å². The number of carbonyl (C=O) groups excluding carboxylic acids is 1. The molecule has 2 heterocycles. The number of carbonyl (C=O) groups is 1. The average molecular weight is 351 g/mol. The molecule has 1 spiro atoms. The summed E-state index contributed by atoms with van der Waals surface area (Å²) in [6.07, 6.45) is 2.95. The molecule has 2 aliphatic rings. The molecule has 1 aromatic carbocycles. The monoisotopic (exact) mass is 350 g/mol. The van der Waals surface area contributed by atoms with Crippen molar-refractivity contribution >= 4 is 35.1 Å². The van der Waals surface area contributed by atoms with Crippen LogP contribution < -0.4 is 10.6 Å². The van der Waals surface area contributed by atoms with Crippen molar-refractivity contribution in [1.82, 2.24) is 4.90 Å². The number of halogens is 1. The number of nitrogen functional groups attached to an aromatic ring is 1. The number of anilines is 2. The van der Waals surface area contributed by atoms with Crippen molar-refractivity contribution in [3.8, 4) is 0 Å². The van der Waals surface area contributed by atoms with E-state index in [1.807, 2.05) is 11.0 Å². The van der Waals surface area contributed by atoms with E-state index in [4.69, 9.17) is 27.5 Å². The molecule has 24 heavy (non-hydrogen) atoms. The molecule has 0 atom stereocenters. The summed E-state index contributed by atoms with van der Waals surface area (Å²) in [5.74, 6) is 0.105. The summed E-state index contributed by atoms with van der Waals surface area (Å²) < 4.78 is 6.06. The zero-order valence-corrected chi connectivity index (χ0v) is 14.6. The lowest BCUT2D eigenvalue weighted by Crippen LogP contribution is -2.57. The highest BCUT2D eigenvalue weighted by atomic mass is 35.5. The third-order valence-electron chi connectivity index (χ3n) is 5.01. The van der Waals surface area contributed by atoms with Gasteiger partial charge < -0.3 is 25.7 Å². The van der Waals surface area contributed by atoms with Gasteiger partial charge in [0.1, 0.15) is 0 Å². The van der Waals surface area contributed by atoms with Crippen molar-refractivity contribution in [2.45, 2.75) is 25.4 Å². The third kappa shape index (κ3) is 3.21. The van der Waals surface area contributed by atoms with Gasteiger partial charge in [-0.2, -0.15) is 0 Å². The van der Waals surface area contributed by atoms with E-state index in [1.54, 1.807) is 13.0 Å². The maximum absolute atomic E-state index is 11.7. The molecule has 7 heteroatoms. The molecule has 0 bridgehead atoms. The van der Waals surface area contributed by atoms with Crippen molar-refractivity contribution in [1.29, 1.82) is 5.41 Å². The van der Waals surface area contributed by atoms with Crippen LogP contribution >= 0.6 is 11.6 Å². The summed E-state index contributed by atoms with van der Waals surface area (Å²) in [6.45, 7) is 5.10. The SMILES string of the molecule is CC(=O)N1CCOC2(CCN(c3cc(Cl)cc(N)c3C=N)CC2)C1. The molecule has 0 aliphatic carbocycles. The number of morpholine rings is 1. The fourth-order valence-electron chi connectivity index (χ4n) is 3.61. The number of amides is 1. The van der Waals surface area contributed by atoms with Gasteiger partial charge in [0, 0.05) is 61.3 Å². The van der Waals surface area contributed by atoms with Gasteiger partial charge in [0.15, 0.2) is 0 Å². The molecule has 0 unspecified atom stereocenters. The normalized spacial score (nSPS) is 20.2. The van der Waals surface area contributed by atoms with Crippen LogP contribution in [0.3, 0.4) is 0 Å². The van der Waals surface area contributed by atoms with E-state index in [2.05, 4.69) is 4.90 Å². The van der Waals surface area contributed by atoms with Crippen LogP contribution in [0.5, 0.6) is 0 Å². The molecule has 6 nitrogen and oxygen atoms in total. The minimum Gasteiger partial charge on any atom is -0.398 e. The third-order valence-corrected chi connectivity index (χ3v) is 5.23. The molecule has 0 aromatic heterocycles. The number of rotatable bonds is 2. The molecule has 1 aromatic rings. The van der Waals surface area contributed by atoms with Crippen LogP contribution in [0.2, 0.25) is 5.02 Å². The van der Waals surface area contributed by atoms with Gasteiger partial charge in [0.2, 0.25) is 5.91 Å². The van der Waals surface area contributed by atoms with E-state index in [0.29, 0.717) is 36.0 Å². The summed E-state index contributed by atoms with van der Waals surface area (Å²) in [4.78, 5) is 15.7. The van der Waals surface area contributed by atoms with Crippen LogP contribution in [0.15, 0.2) is 12.1 Å². The van der Waals surface area contributed by atoms with E-state index in [0.717, 1.165) is 31.6 Å². The molecular formula is C17H23ClN4O2. The zero-order chi connectivity index (χ0) is 17.3. The number of nitrogens with one attached hydrogen (secondary N) is 1. The Bertz CT molecular complexity index is 656. The number of nitrogens with two attached hydrogens (primary N) is 1. The van der Waals surface area contributed by atoms with Gasteiger partial charge in [-0.15, -0.1) is 0 Å². The zero-order valence-electron chi connectivity index (χ0n) is 13.8. The highest BCUT2D eigenvalue weighted by Crippen LogP contribution is 2.35. The minimum absolute atomic E-state index is 0.105. The Labute approximate surface area is 147 Å². The van der Waals surface area contributed by atoms with Crippen molar-refractivity contribution in [2.24, 2.45) is 0 Å². The Morgan fingerprint density at radius 3 is 2.71 bits per heavy atom. The van der Waals surface area contributed by atoms with Crippen LogP contribution in [-0.4, -0.2) is 55.4 Å². The largest absolute Gasteiger partial charge is 0.398 e. The van der Waals surface area contributed by atoms with Gasteiger partial charge in [-0.05, 0) is 25.0 Å². The maximum Gasteiger partial charge on any atom is 0.219 e. The second-order valence-corrected chi connectivity index (χ2v) is 6.97. The lowest BCUT2D eigenvalue weighted by atomic mass is 9.88. The number of hydrogen-bond donors (Lipinski definition) is 2. The Morgan fingerprint density at radius 1 is 1.38 bits per heavy atom. The first-order chi connectivity index (χ1) is 11.4. The maximum atomic E-state index is 11.7. The molecule has 0 radical (unpaired) electrons. The minimum atomic E-state index is -0.255. The lowest BCUT2D eigenvalue weighted by Gasteiger charge is -2.47. The van der Waals surface area contributed by atoms with Gasteiger partial charge in [-0.25, -0.2) is 0 Å². The first-order valence-corrected chi connectivity index (χ1v) is 8.56. The van der Waals surface area contributed by atoms with Crippen molar-refractivity contribution in [3.05, 3.63) is 22.7 Å². The second-order valence-electron chi connectivity index (χ2n) is 6.53. The second kappa shape index (κ2) is 6.61. The van der Waals surface area contributed by atoms with E-state index in [1.165, 1.54) is 6.21 Å². The predicted molar refractivity (Wildman–Crippen MR) is 96.1 cm³/mol. The molecular weight excluding hydrogens is 328 g/mol. The fourth-order valence-corrected chi connectivity index (χ4v) is 3.84. The number of piperidine rings is 1. The smallest absolute Gasteiger partial charge is 0.219 e. The fraction of sp³-hybridized carbons (Fsp3) is 0.529.